The van der Waals surface area contributed by atoms with Crippen LogP contribution in [0, 0.1) is 13.8 Å². The first-order valence-corrected chi connectivity index (χ1v) is 19.4. The van der Waals surface area contributed by atoms with Gasteiger partial charge in [0.1, 0.15) is 23.1 Å². The number of para-hydroxylation sites is 2. The molecule has 13 nitrogen and oxygen atoms in total. The van der Waals surface area contributed by atoms with Gasteiger partial charge >= 0.3 is 12.7 Å². The number of nitrogens with zero attached hydrogens (tertiary/aromatic N) is 8. The molecule has 0 aliphatic carbocycles. The molecule has 2 aromatic carbocycles. The number of aryl methyl sites for hydroxylation is 2. The second-order valence-corrected chi connectivity index (χ2v) is 14.8. The molecule has 2 atom stereocenters. The Hall–Kier alpha value is -5.68. The average Bonchev–Trinajstić information content (AvgIpc) is 3.21. The van der Waals surface area contributed by atoms with Gasteiger partial charge in [-0.2, -0.15) is 10.1 Å². The van der Waals surface area contributed by atoms with Crippen LogP contribution in [-0.4, -0.2) is 116 Å². The molecule has 4 aromatic rings. The number of ether oxygens (including phenoxy) is 2. The first-order chi connectivity index (χ1) is 29.6. The van der Waals surface area contributed by atoms with Crippen LogP contribution < -0.4 is 9.47 Å². The molecule has 2 fully saturated rings. The molecule has 4 heterocycles. The van der Waals surface area contributed by atoms with Gasteiger partial charge in [-0.05, 0) is 38.1 Å². The number of carbonyl (C=O) groups is 2. The van der Waals surface area contributed by atoms with Crippen molar-refractivity contribution in [1.29, 1.82) is 0 Å². The van der Waals surface area contributed by atoms with Crippen molar-refractivity contribution in [3.8, 4) is 11.5 Å². The van der Waals surface area contributed by atoms with E-state index in [-0.39, 0.29) is 37.3 Å². The zero-order valence-electron chi connectivity index (χ0n) is 33.6. The van der Waals surface area contributed by atoms with Crippen LogP contribution in [0.4, 0.5) is 43.9 Å². The monoisotopic (exact) mass is 902 g/mol. The van der Waals surface area contributed by atoms with Crippen LogP contribution in [0.15, 0.2) is 73.3 Å². The quantitative estimate of drug-likeness (QED) is 0.0902. The van der Waals surface area contributed by atoms with Gasteiger partial charge < -0.3 is 9.47 Å². The minimum absolute atomic E-state index is 0.220. The van der Waals surface area contributed by atoms with Crippen molar-refractivity contribution in [3.63, 3.8) is 0 Å². The summed E-state index contributed by atoms with van der Waals surface area (Å²) in [7, 11) is 0. The van der Waals surface area contributed by atoms with Crippen molar-refractivity contribution in [2.24, 2.45) is 0 Å². The van der Waals surface area contributed by atoms with Gasteiger partial charge in [0.25, 0.3) is 23.7 Å². The average molecular weight is 903 g/mol. The van der Waals surface area contributed by atoms with Gasteiger partial charge in [-0.15, -0.1) is 31.3 Å². The predicted molar refractivity (Wildman–Crippen MR) is 200 cm³/mol. The topological polar surface area (TPSA) is 126 Å². The van der Waals surface area contributed by atoms with Crippen LogP contribution in [0.25, 0.3) is 0 Å². The van der Waals surface area contributed by atoms with Gasteiger partial charge in [0.2, 0.25) is 0 Å². The molecule has 340 valence electrons. The molecule has 2 aliphatic rings. The molecule has 63 heavy (non-hydrogen) atoms. The number of hydrogen-bond donors (Lipinski definition) is 0. The summed E-state index contributed by atoms with van der Waals surface area (Å²) in [6.45, 7) is 0.496. The number of rotatable bonds is 14. The fourth-order valence-corrected chi connectivity index (χ4v) is 7.06. The van der Waals surface area contributed by atoms with E-state index in [1.165, 1.54) is 46.7 Å². The lowest BCUT2D eigenvalue weighted by atomic mass is 10.0. The van der Waals surface area contributed by atoms with Crippen molar-refractivity contribution < 1.29 is 67.9 Å². The molecule has 2 aliphatic heterocycles. The fraction of sp³-hybridized carbons (Fsp3) is 0.450. The molecule has 23 heteroatoms. The third kappa shape index (κ3) is 12.7. The van der Waals surface area contributed by atoms with Gasteiger partial charge in [0, 0.05) is 87.8 Å². The van der Waals surface area contributed by atoms with Gasteiger partial charge in [-0.1, -0.05) is 24.3 Å². The third-order valence-corrected chi connectivity index (χ3v) is 10.3. The maximum Gasteiger partial charge on any atom is 0.573 e. The number of halogens is 10. The number of amides is 2. The Labute approximate surface area is 353 Å². The Balaban J connectivity index is 1.50. The summed E-state index contributed by atoms with van der Waals surface area (Å²) < 4.78 is 149. The van der Waals surface area contributed by atoms with E-state index in [2.05, 4.69) is 29.4 Å². The number of benzene rings is 2. The van der Waals surface area contributed by atoms with Crippen molar-refractivity contribution in [1.82, 2.24) is 39.9 Å². The highest BCUT2D eigenvalue weighted by Crippen LogP contribution is 2.37. The van der Waals surface area contributed by atoms with Crippen molar-refractivity contribution in [2.75, 3.05) is 39.3 Å². The largest absolute Gasteiger partial charge is 0.573 e. The van der Waals surface area contributed by atoms with Gasteiger partial charge in [-0.25, -0.2) is 37.5 Å². The van der Waals surface area contributed by atoms with Crippen LogP contribution in [0.1, 0.15) is 81.3 Å². The van der Waals surface area contributed by atoms with Crippen LogP contribution in [-0.2, 0) is 4.94 Å². The van der Waals surface area contributed by atoms with E-state index in [0.29, 0.717) is 21.8 Å². The summed E-state index contributed by atoms with van der Waals surface area (Å²) in [6.07, 6.45) is -7.86. The molecule has 0 bridgehead atoms. The first-order valence-electron chi connectivity index (χ1n) is 19.4. The van der Waals surface area contributed by atoms with E-state index >= 15 is 0 Å². The number of hydrogen-bond acceptors (Lipinski definition) is 11. The number of piperidine rings is 2. The molecular weight excluding hydrogens is 862 g/mol. The normalized spacial score (nSPS) is 18.0. The molecule has 0 spiro atoms. The molecule has 2 amide bonds. The van der Waals surface area contributed by atoms with Crippen LogP contribution in [0.5, 0.6) is 11.5 Å². The third-order valence-electron chi connectivity index (χ3n) is 10.3. The Morgan fingerprint density at radius 3 is 1.24 bits per heavy atom. The molecule has 2 aromatic heterocycles. The summed E-state index contributed by atoms with van der Waals surface area (Å²) in [5, 5.41) is 0.877. The van der Waals surface area contributed by atoms with Crippen LogP contribution in [0.3, 0.4) is 0 Å². The van der Waals surface area contributed by atoms with Crippen molar-refractivity contribution in [2.45, 2.75) is 76.2 Å². The highest BCUT2D eigenvalue weighted by atomic mass is 19.4. The van der Waals surface area contributed by atoms with E-state index in [1.54, 1.807) is 13.8 Å². The standard InChI is InChI=1S/C40H40F10N8O5/c1-25-51-19-27(20-52-25)31(55-15-11-37(41,42)12-16-55)23-57(35(59)29-7-3-5-9-33(29)61-39(45,46)47)63-58(36(60)30-8-4-6-10-34(30)62-40(48,49)50)24-32(28-21-53-26(2)54-22-28)56-17-13-38(43,44)14-18-56/h3-10,19-22,31-32H,11-18,23-24H2,1-2H3. The van der Waals surface area contributed by atoms with E-state index in [0.717, 1.165) is 36.4 Å². The Kier molecular flexibility index (Phi) is 14.1. The van der Waals surface area contributed by atoms with Crippen LogP contribution >= 0.6 is 0 Å². The highest BCUT2D eigenvalue weighted by molar-refractivity contribution is 5.98. The fourth-order valence-electron chi connectivity index (χ4n) is 7.06. The summed E-state index contributed by atoms with van der Waals surface area (Å²) in [5.74, 6) is -10.3. The molecule has 2 saturated heterocycles. The molecular formula is C40H40F10N8O5. The Bertz CT molecular complexity index is 2030. The van der Waals surface area contributed by atoms with E-state index in [4.69, 9.17) is 4.94 Å². The maximum atomic E-state index is 14.7. The van der Waals surface area contributed by atoms with E-state index in [1.807, 2.05) is 0 Å². The zero-order chi connectivity index (χ0) is 45.7. The number of hydroxylamine groups is 4. The van der Waals surface area contributed by atoms with Gasteiger partial charge in [0.15, 0.2) is 0 Å². The number of carbonyl (C=O) groups excluding carboxylic acids is 2. The molecule has 6 rings (SSSR count). The van der Waals surface area contributed by atoms with E-state index in [9.17, 15) is 53.5 Å². The van der Waals surface area contributed by atoms with Crippen molar-refractivity contribution in [3.05, 3.63) is 107 Å². The maximum absolute atomic E-state index is 14.7. The molecule has 2 unspecified atom stereocenters. The van der Waals surface area contributed by atoms with E-state index < -0.39 is 110 Å². The number of aromatic nitrogens is 4. The summed E-state index contributed by atoms with van der Waals surface area (Å²) in [6, 6.07) is 5.87. The lowest BCUT2D eigenvalue weighted by Crippen LogP contribution is -2.51. The smallest absolute Gasteiger partial charge is 0.405 e. The summed E-state index contributed by atoms with van der Waals surface area (Å²) in [5.41, 5.74) is -1.10. The zero-order valence-corrected chi connectivity index (χ0v) is 33.6. The minimum Gasteiger partial charge on any atom is -0.405 e. The Morgan fingerprint density at radius 1 is 0.603 bits per heavy atom. The number of likely N-dealkylation sites (tertiary alicyclic amines) is 2. The summed E-state index contributed by atoms with van der Waals surface area (Å²) >= 11 is 0. The lowest BCUT2D eigenvalue weighted by molar-refractivity contribution is -0.282. The Morgan fingerprint density at radius 2 is 0.921 bits per heavy atom. The minimum atomic E-state index is -5.32. The SMILES string of the molecule is Cc1ncc(C(CN(ON(CC(c2cnc(C)nc2)N2CCC(F)(F)CC2)C(=O)c2ccccc2OC(F)(F)F)C(=O)c2ccccc2OC(F)(F)F)N2CCC(F)(F)CC2)cn1. The second kappa shape index (κ2) is 19.0. The van der Waals surface area contributed by atoms with Crippen molar-refractivity contribution >= 4 is 11.8 Å². The van der Waals surface area contributed by atoms with Gasteiger partial charge in [-0.3, -0.25) is 19.4 Å². The first kappa shape index (κ1) is 46.8. The molecule has 0 saturated carbocycles. The highest BCUT2D eigenvalue weighted by Gasteiger charge is 2.43. The summed E-state index contributed by atoms with van der Waals surface area (Å²) in [4.78, 5) is 55.4. The molecule has 0 N–H and O–H groups in total. The molecule has 0 radical (unpaired) electrons. The predicted octanol–water partition coefficient (Wildman–Crippen LogP) is 8.06. The number of alkyl halides is 10. The van der Waals surface area contributed by atoms with Gasteiger partial charge in [0.05, 0.1) is 36.3 Å². The second-order valence-electron chi connectivity index (χ2n) is 14.8. The van der Waals surface area contributed by atoms with Crippen LogP contribution in [0.2, 0.25) is 0 Å². The lowest BCUT2D eigenvalue weighted by Gasteiger charge is -2.41.